The average molecular weight is 224 g/mol. The van der Waals surface area contributed by atoms with E-state index in [-0.39, 0.29) is 0 Å². The minimum Gasteiger partial charge on any atom is -0.370 e. The van der Waals surface area contributed by atoms with Crippen molar-refractivity contribution in [3.63, 3.8) is 0 Å². The van der Waals surface area contributed by atoms with E-state index in [9.17, 15) is 0 Å². The van der Waals surface area contributed by atoms with E-state index in [2.05, 4.69) is 21.3 Å². The Morgan fingerprint density at radius 3 is 2.60 bits per heavy atom. The smallest absolute Gasteiger partial charge is 0.129 e. The molecule has 80 valence electrons. The predicted octanol–water partition coefficient (Wildman–Crippen LogP) is 1.39. The molecule has 2 aliphatic heterocycles. The number of hydrogen-bond donors (Lipinski definition) is 1. The van der Waals surface area contributed by atoms with E-state index >= 15 is 0 Å². The zero-order valence-electron chi connectivity index (χ0n) is 8.49. The minimum absolute atomic E-state index is 0.569. The van der Waals surface area contributed by atoms with Crippen molar-refractivity contribution < 1.29 is 0 Å². The maximum absolute atomic E-state index is 5.77. The molecule has 2 unspecified atom stereocenters. The molecule has 1 aromatic heterocycles. The van der Waals surface area contributed by atoms with Gasteiger partial charge in [0.25, 0.3) is 0 Å². The molecular weight excluding hydrogens is 210 g/mol. The summed E-state index contributed by atoms with van der Waals surface area (Å²) >= 11 is 5.77. The second-order valence-electron chi connectivity index (χ2n) is 4.42. The fourth-order valence-electron chi connectivity index (χ4n) is 2.62. The molecule has 4 heteroatoms. The Balaban J connectivity index is 1.76. The monoisotopic (exact) mass is 223 g/mol. The third kappa shape index (κ3) is 1.70. The molecule has 0 amide bonds. The Labute approximate surface area is 94.4 Å². The second-order valence-corrected chi connectivity index (χ2v) is 4.81. The Bertz CT molecular complexity index is 339. The molecule has 15 heavy (non-hydrogen) atoms. The van der Waals surface area contributed by atoms with Crippen molar-refractivity contribution in [3.8, 4) is 0 Å². The minimum atomic E-state index is 0.569. The number of fused-ring (bicyclic) bond motifs is 1. The van der Waals surface area contributed by atoms with E-state index in [0.717, 1.165) is 24.9 Å². The average Bonchev–Trinajstić information content (AvgIpc) is 2.78. The first-order chi connectivity index (χ1) is 7.33. The number of hydrogen-bond acceptors (Lipinski definition) is 3. The number of rotatable bonds is 1. The Kier molecular flexibility index (Phi) is 2.29. The Hall–Kier alpha value is -0.800. The lowest BCUT2D eigenvalue weighted by Crippen LogP contribution is -2.25. The number of halogens is 1. The van der Waals surface area contributed by atoms with Gasteiger partial charge in [-0.3, -0.25) is 0 Å². The molecule has 0 saturated carbocycles. The summed E-state index contributed by atoms with van der Waals surface area (Å²) in [5, 5.41) is 4.01. The standard InChI is InChI=1S/C11H14ClN3/c12-11-2-1-10(5-14-11)15-6-8-3-13-4-9(8)7-15/h1-2,5,8-9,13H,3-4,6-7H2. The van der Waals surface area contributed by atoms with Gasteiger partial charge < -0.3 is 10.2 Å². The molecule has 0 aromatic carbocycles. The van der Waals surface area contributed by atoms with Crippen LogP contribution in [0.3, 0.4) is 0 Å². The van der Waals surface area contributed by atoms with Crippen LogP contribution in [-0.4, -0.2) is 31.2 Å². The highest BCUT2D eigenvalue weighted by Crippen LogP contribution is 2.30. The number of nitrogens with one attached hydrogen (secondary N) is 1. The summed E-state index contributed by atoms with van der Waals surface area (Å²) in [4.78, 5) is 6.54. The van der Waals surface area contributed by atoms with Crippen LogP contribution in [0.1, 0.15) is 0 Å². The van der Waals surface area contributed by atoms with Crippen molar-refractivity contribution in [3.05, 3.63) is 23.5 Å². The largest absolute Gasteiger partial charge is 0.370 e. The van der Waals surface area contributed by atoms with Crippen molar-refractivity contribution in [2.24, 2.45) is 11.8 Å². The third-order valence-corrected chi connectivity index (χ3v) is 3.69. The molecular formula is C11H14ClN3. The Morgan fingerprint density at radius 1 is 1.27 bits per heavy atom. The van der Waals surface area contributed by atoms with E-state index < -0.39 is 0 Å². The van der Waals surface area contributed by atoms with Crippen LogP contribution < -0.4 is 10.2 Å². The number of nitrogens with zero attached hydrogens (tertiary/aromatic N) is 2. The van der Waals surface area contributed by atoms with Crippen LogP contribution in [-0.2, 0) is 0 Å². The highest BCUT2D eigenvalue weighted by Gasteiger charge is 2.36. The second kappa shape index (κ2) is 3.65. The molecule has 3 rings (SSSR count). The zero-order chi connectivity index (χ0) is 10.3. The van der Waals surface area contributed by atoms with Crippen LogP contribution in [0.5, 0.6) is 0 Å². The summed E-state index contributed by atoms with van der Waals surface area (Å²) < 4.78 is 0. The van der Waals surface area contributed by atoms with Crippen LogP contribution in [0.2, 0.25) is 5.15 Å². The van der Waals surface area contributed by atoms with Crippen LogP contribution in [0.4, 0.5) is 5.69 Å². The summed E-state index contributed by atoms with van der Waals surface area (Å²) in [5.41, 5.74) is 1.20. The van der Waals surface area contributed by atoms with Crippen molar-refractivity contribution in [1.29, 1.82) is 0 Å². The first-order valence-electron chi connectivity index (χ1n) is 5.40. The lowest BCUT2D eigenvalue weighted by molar-refractivity contribution is 0.533. The predicted molar refractivity (Wildman–Crippen MR) is 61.3 cm³/mol. The molecule has 1 N–H and O–H groups in total. The highest BCUT2D eigenvalue weighted by molar-refractivity contribution is 6.29. The van der Waals surface area contributed by atoms with Crippen molar-refractivity contribution >= 4 is 17.3 Å². The zero-order valence-corrected chi connectivity index (χ0v) is 9.24. The van der Waals surface area contributed by atoms with Gasteiger partial charge in [0.2, 0.25) is 0 Å². The maximum atomic E-state index is 5.77. The van der Waals surface area contributed by atoms with E-state index in [1.165, 1.54) is 18.8 Å². The van der Waals surface area contributed by atoms with E-state index in [4.69, 9.17) is 11.6 Å². The molecule has 3 nitrogen and oxygen atoms in total. The quantitative estimate of drug-likeness (QED) is 0.730. The van der Waals surface area contributed by atoms with Gasteiger partial charge in [-0.1, -0.05) is 11.6 Å². The number of aromatic nitrogens is 1. The van der Waals surface area contributed by atoms with Crippen LogP contribution in [0.15, 0.2) is 18.3 Å². The molecule has 2 fully saturated rings. The van der Waals surface area contributed by atoms with Gasteiger partial charge in [0.1, 0.15) is 5.15 Å². The SMILES string of the molecule is Clc1ccc(N2CC3CNCC3C2)cn1. The first kappa shape index (κ1) is 9.43. The fraction of sp³-hybridized carbons (Fsp3) is 0.545. The molecule has 2 aliphatic rings. The molecule has 3 heterocycles. The molecule has 0 spiro atoms. The maximum Gasteiger partial charge on any atom is 0.129 e. The van der Waals surface area contributed by atoms with Crippen LogP contribution >= 0.6 is 11.6 Å². The summed E-state index contributed by atoms with van der Waals surface area (Å²) in [6.07, 6.45) is 1.87. The summed E-state index contributed by atoms with van der Waals surface area (Å²) in [6.45, 7) is 4.65. The Morgan fingerprint density at radius 2 is 2.00 bits per heavy atom. The summed E-state index contributed by atoms with van der Waals surface area (Å²) in [5.74, 6) is 1.64. The van der Waals surface area contributed by atoms with Crippen molar-refractivity contribution in [1.82, 2.24) is 10.3 Å². The van der Waals surface area contributed by atoms with Gasteiger partial charge in [0.15, 0.2) is 0 Å². The van der Waals surface area contributed by atoms with E-state index in [1.807, 2.05) is 12.3 Å². The number of anilines is 1. The number of pyridine rings is 1. The molecule has 2 atom stereocenters. The van der Waals surface area contributed by atoms with Gasteiger partial charge in [-0.2, -0.15) is 0 Å². The molecule has 0 bridgehead atoms. The fourth-order valence-corrected chi connectivity index (χ4v) is 2.73. The molecule has 0 aliphatic carbocycles. The highest BCUT2D eigenvalue weighted by atomic mass is 35.5. The van der Waals surface area contributed by atoms with Gasteiger partial charge in [-0.25, -0.2) is 4.98 Å². The van der Waals surface area contributed by atoms with E-state index in [1.54, 1.807) is 0 Å². The van der Waals surface area contributed by atoms with Gasteiger partial charge in [-0.15, -0.1) is 0 Å². The molecule has 1 aromatic rings. The third-order valence-electron chi connectivity index (χ3n) is 3.47. The topological polar surface area (TPSA) is 28.2 Å². The van der Waals surface area contributed by atoms with Gasteiger partial charge in [0, 0.05) is 26.2 Å². The first-order valence-corrected chi connectivity index (χ1v) is 5.78. The molecule has 0 radical (unpaired) electrons. The van der Waals surface area contributed by atoms with Gasteiger partial charge in [-0.05, 0) is 24.0 Å². The summed E-state index contributed by atoms with van der Waals surface area (Å²) in [7, 11) is 0. The normalized spacial score (nSPS) is 29.5. The van der Waals surface area contributed by atoms with Gasteiger partial charge >= 0.3 is 0 Å². The lowest BCUT2D eigenvalue weighted by atomic mass is 10.0. The van der Waals surface area contributed by atoms with Crippen LogP contribution in [0, 0.1) is 11.8 Å². The lowest BCUT2D eigenvalue weighted by Gasteiger charge is -2.19. The van der Waals surface area contributed by atoms with Gasteiger partial charge in [0.05, 0.1) is 11.9 Å². The molecule has 2 saturated heterocycles. The van der Waals surface area contributed by atoms with Crippen LogP contribution in [0.25, 0.3) is 0 Å². The van der Waals surface area contributed by atoms with E-state index in [0.29, 0.717) is 5.15 Å². The summed E-state index contributed by atoms with van der Waals surface area (Å²) in [6, 6.07) is 3.92. The van der Waals surface area contributed by atoms with Crippen molar-refractivity contribution in [2.45, 2.75) is 0 Å². The van der Waals surface area contributed by atoms with Crippen molar-refractivity contribution in [2.75, 3.05) is 31.1 Å².